The summed E-state index contributed by atoms with van der Waals surface area (Å²) >= 11 is 5.90. The number of halogens is 1. The van der Waals surface area contributed by atoms with E-state index in [-0.39, 0.29) is 31.8 Å². The third-order valence-corrected chi connectivity index (χ3v) is 3.90. The van der Waals surface area contributed by atoms with E-state index in [2.05, 4.69) is 0 Å². The van der Waals surface area contributed by atoms with Crippen LogP contribution >= 0.6 is 11.6 Å². The number of methoxy groups -OCH3 is 1. The summed E-state index contributed by atoms with van der Waals surface area (Å²) in [5.74, 6) is -1.14. The first-order chi connectivity index (χ1) is 9.87. The molecule has 1 amide bonds. The topological polar surface area (TPSA) is 87.1 Å². The summed E-state index contributed by atoms with van der Waals surface area (Å²) in [5.41, 5.74) is -1.43. The molecule has 0 aromatic heterocycles. The molecule has 0 radical (unpaired) electrons. The summed E-state index contributed by atoms with van der Waals surface area (Å²) in [4.78, 5) is 24.9. The summed E-state index contributed by atoms with van der Waals surface area (Å²) in [6, 6.07) is 4.74. The first-order valence-corrected chi connectivity index (χ1v) is 6.84. The second kappa shape index (κ2) is 5.91. The Morgan fingerprint density at radius 1 is 1.33 bits per heavy atom. The first-order valence-electron chi connectivity index (χ1n) is 6.46. The zero-order valence-electron chi connectivity index (χ0n) is 11.5. The van der Waals surface area contributed by atoms with Crippen LogP contribution in [0, 0.1) is 0 Å². The molecule has 1 aliphatic rings. The Hall–Kier alpha value is -1.79. The molecule has 0 aliphatic carbocycles. The van der Waals surface area contributed by atoms with Crippen LogP contribution in [0.3, 0.4) is 0 Å². The van der Waals surface area contributed by atoms with E-state index >= 15 is 0 Å². The van der Waals surface area contributed by atoms with E-state index in [9.17, 15) is 14.7 Å². The molecule has 0 atom stereocenters. The van der Waals surface area contributed by atoms with Crippen molar-refractivity contribution >= 4 is 23.5 Å². The number of likely N-dealkylation sites (tertiary alicyclic amines) is 1. The van der Waals surface area contributed by atoms with Crippen molar-refractivity contribution in [1.29, 1.82) is 0 Å². The van der Waals surface area contributed by atoms with Gasteiger partial charge in [-0.05, 0) is 18.2 Å². The van der Waals surface area contributed by atoms with Gasteiger partial charge in [-0.25, -0.2) is 4.79 Å². The number of nitrogens with zero attached hydrogens (tertiary/aromatic N) is 1. The van der Waals surface area contributed by atoms with Crippen LogP contribution in [-0.4, -0.2) is 52.8 Å². The molecule has 1 aromatic rings. The number of benzene rings is 1. The fourth-order valence-corrected chi connectivity index (χ4v) is 2.48. The van der Waals surface area contributed by atoms with Crippen LogP contribution in [0.1, 0.15) is 23.2 Å². The minimum absolute atomic E-state index is 0.00302. The Morgan fingerprint density at radius 2 is 1.95 bits per heavy atom. The molecule has 0 saturated carbocycles. The highest BCUT2D eigenvalue weighted by molar-refractivity contribution is 6.31. The summed E-state index contributed by atoms with van der Waals surface area (Å²) in [6.45, 7) is 0.328. The van der Waals surface area contributed by atoms with Gasteiger partial charge in [0.2, 0.25) is 0 Å². The molecular weight excluding hydrogens is 298 g/mol. The van der Waals surface area contributed by atoms with Crippen LogP contribution in [0.15, 0.2) is 18.2 Å². The third kappa shape index (κ3) is 3.11. The first kappa shape index (κ1) is 15.6. The highest BCUT2D eigenvalue weighted by atomic mass is 35.5. The SMILES string of the molecule is COc1ccc(Cl)cc1C(=O)N1CCC(O)(C(=O)O)CC1. The summed E-state index contributed by atoms with van der Waals surface area (Å²) in [7, 11) is 1.46. The van der Waals surface area contributed by atoms with Crippen LogP contribution in [0.2, 0.25) is 5.02 Å². The molecular formula is C14H16ClNO5. The quantitative estimate of drug-likeness (QED) is 0.881. The van der Waals surface area contributed by atoms with Crippen molar-refractivity contribution in [2.45, 2.75) is 18.4 Å². The lowest BCUT2D eigenvalue weighted by molar-refractivity contribution is -0.162. The molecule has 114 valence electrons. The fraction of sp³-hybridized carbons (Fsp3) is 0.429. The van der Waals surface area contributed by atoms with Crippen molar-refractivity contribution in [3.63, 3.8) is 0 Å². The Kier molecular flexibility index (Phi) is 4.39. The van der Waals surface area contributed by atoms with Crippen molar-refractivity contribution in [2.75, 3.05) is 20.2 Å². The van der Waals surface area contributed by atoms with E-state index < -0.39 is 11.6 Å². The van der Waals surface area contributed by atoms with E-state index in [0.717, 1.165) is 0 Å². The van der Waals surface area contributed by atoms with Crippen LogP contribution in [0.25, 0.3) is 0 Å². The van der Waals surface area contributed by atoms with Crippen molar-refractivity contribution in [3.05, 3.63) is 28.8 Å². The fourth-order valence-electron chi connectivity index (χ4n) is 2.31. The smallest absolute Gasteiger partial charge is 0.335 e. The second-order valence-corrected chi connectivity index (χ2v) is 5.41. The van der Waals surface area contributed by atoms with E-state index in [0.29, 0.717) is 16.3 Å². The molecule has 1 aromatic carbocycles. The van der Waals surface area contributed by atoms with Gasteiger partial charge in [0.15, 0.2) is 5.60 Å². The molecule has 1 saturated heterocycles. The van der Waals surface area contributed by atoms with E-state index in [1.54, 1.807) is 12.1 Å². The molecule has 0 bridgehead atoms. The summed E-state index contributed by atoms with van der Waals surface area (Å²) in [5, 5.41) is 19.3. The maximum Gasteiger partial charge on any atom is 0.335 e. The molecule has 1 fully saturated rings. The molecule has 2 rings (SSSR count). The predicted octanol–water partition coefficient (Wildman–Crippen LogP) is 1.40. The molecule has 0 spiro atoms. The van der Waals surface area contributed by atoms with Gasteiger partial charge in [-0.2, -0.15) is 0 Å². The number of carboxylic acid groups (broad SMARTS) is 1. The van der Waals surface area contributed by atoms with Gasteiger partial charge in [-0.3, -0.25) is 4.79 Å². The number of carbonyl (C=O) groups excluding carboxylic acids is 1. The number of rotatable bonds is 3. The lowest BCUT2D eigenvalue weighted by atomic mass is 9.91. The number of amides is 1. The Bertz CT molecular complexity index is 566. The standard InChI is InChI=1S/C14H16ClNO5/c1-21-11-3-2-9(15)8-10(11)12(17)16-6-4-14(20,5-7-16)13(18)19/h2-3,8,20H,4-7H2,1H3,(H,18,19). The normalized spacial score (nSPS) is 17.4. The Balaban J connectivity index is 2.16. The van der Waals surface area contributed by atoms with Crippen molar-refractivity contribution in [3.8, 4) is 5.75 Å². The van der Waals surface area contributed by atoms with Gasteiger partial charge < -0.3 is 19.8 Å². The molecule has 0 unspecified atom stereocenters. The van der Waals surface area contributed by atoms with Crippen molar-refractivity contribution in [2.24, 2.45) is 0 Å². The molecule has 6 nitrogen and oxygen atoms in total. The minimum Gasteiger partial charge on any atom is -0.496 e. The largest absolute Gasteiger partial charge is 0.496 e. The number of aliphatic hydroxyl groups is 1. The number of hydrogen-bond acceptors (Lipinski definition) is 4. The highest BCUT2D eigenvalue weighted by Gasteiger charge is 2.40. The maximum atomic E-state index is 12.5. The van der Waals surface area contributed by atoms with Gasteiger partial charge in [0, 0.05) is 31.0 Å². The number of hydrogen-bond donors (Lipinski definition) is 2. The van der Waals surface area contributed by atoms with E-state index in [1.807, 2.05) is 0 Å². The average Bonchev–Trinajstić information content (AvgIpc) is 2.47. The molecule has 21 heavy (non-hydrogen) atoms. The number of carbonyl (C=O) groups is 2. The average molecular weight is 314 g/mol. The second-order valence-electron chi connectivity index (χ2n) is 4.97. The zero-order valence-corrected chi connectivity index (χ0v) is 12.3. The van der Waals surface area contributed by atoms with Gasteiger partial charge in [0.05, 0.1) is 12.7 Å². The van der Waals surface area contributed by atoms with Crippen LogP contribution in [-0.2, 0) is 4.79 Å². The number of piperidine rings is 1. The minimum atomic E-state index is -1.75. The van der Waals surface area contributed by atoms with Gasteiger partial charge in [-0.15, -0.1) is 0 Å². The Labute approximate surface area is 126 Å². The maximum absolute atomic E-state index is 12.5. The predicted molar refractivity (Wildman–Crippen MR) is 75.7 cm³/mol. The van der Waals surface area contributed by atoms with Crippen LogP contribution in [0.5, 0.6) is 5.75 Å². The van der Waals surface area contributed by atoms with E-state index in [4.69, 9.17) is 21.4 Å². The van der Waals surface area contributed by atoms with Crippen molar-refractivity contribution < 1.29 is 24.5 Å². The number of aliphatic carboxylic acids is 1. The van der Waals surface area contributed by atoms with Crippen LogP contribution < -0.4 is 4.74 Å². The van der Waals surface area contributed by atoms with Gasteiger partial charge >= 0.3 is 5.97 Å². The van der Waals surface area contributed by atoms with Crippen LogP contribution in [0.4, 0.5) is 0 Å². The number of ether oxygens (including phenoxy) is 1. The molecule has 1 aliphatic heterocycles. The lowest BCUT2D eigenvalue weighted by Gasteiger charge is -2.35. The van der Waals surface area contributed by atoms with Gasteiger partial charge in [0.25, 0.3) is 5.91 Å². The highest BCUT2D eigenvalue weighted by Crippen LogP contribution is 2.27. The summed E-state index contributed by atoms with van der Waals surface area (Å²) < 4.78 is 5.14. The van der Waals surface area contributed by atoms with Gasteiger partial charge in [0.1, 0.15) is 5.75 Å². The molecule has 1 heterocycles. The van der Waals surface area contributed by atoms with Gasteiger partial charge in [-0.1, -0.05) is 11.6 Å². The monoisotopic (exact) mass is 313 g/mol. The van der Waals surface area contributed by atoms with Crippen molar-refractivity contribution in [1.82, 2.24) is 4.90 Å². The lowest BCUT2D eigenvalue weighted by Crippen LogP contribution is -2.50. The molecule has 7 heteroatoms. The van der Waals surface area contributed by atoms with E-state index in [1.165, 1.54) is 18.1 Å². The number of carboxylic acids is 1. The molecule has 2 N–H and O–H groups in total. The zero-order chi connectivity index (χ0) is 15.6. The third-order valence-electron chi connectivity index (χ3n) is 3.67. The summed E-state index contributed by atoms with van der Waals surface area (Å²) in [6.07, 6.45) is -0.00604. The Morgan fingerprint density at radius 3 is 2.48 bits per heavy atom.